The fourth-order valence-electron chi connectivity index (χ4n) is 7.92. The van der Waals surface area contributed by atoms with E-state index in [-0.39, 0.29) is 17.2 Å². The number of aliphatic hydroxyl groups is 1. The van der Waals surface area contributed by atoms with Crippen LogP contribution in [0.3, 0.4) is 0 Å². The summed E-state index contributed by atoms with van der Waals surface area (Å²) in [7, 11) is 3.49. The van der Waals surface area contributed by atoms with Gasteiger partial charge in [0.2, 0.25) is 11.8 Å². The molecule has 8 heteroatoms. The maximum absolute atomic E-state index is 15.0. The number of carbonyl (C=O) groups excluding carboxylic acids is 2. The maximum Gasteiger partial charge on any atom is 0.240 e. The molecule has 6 nitrogen and oxygen atoms in total. The number of likely N-dealkylation sites (N-methyl/N-ethyl adjacent to an activating group) is 1. The van der Waals surface area contributed by atoms with Crippen molar-refractivity contribution in [1.82, 2.24) is 9.80 Å². The van der Waals surface area contributed by atoms with Crippen LogP contribution in [0.25, 0.3) is 0 Å². The number of hydrogen-bond donors (Lipinski definition) is 2. The van der Waals surface area contributed by atoms with Crippen LogP contribution in [0, 0.1) is 5.41 Å². The molecule has 2 aliphatic rings. The Labute approximate surface area is 287 Å². The van der Waals surface area contributed by atoms with E-state index in [9.17, 15) is 9.90 Å². The lowest BCUT2D eigenvalue weighted by atomic mass is 9.62. The van der Waals surface area contributed by atoms with Gasteiger partial charge in [0.25, 0.3) is 0 Å². The van der Waals surface area contributed by atoms with Crippen LogP contribution in [-0.2, 0) is 15.0 Å². The third kappa shape index (κ3) is 5.86. The van der Waals surface area contributed by atoms with Gasteiger partial charge in [0.05, 0.1) is 18.2 Å². The number of nitrogens with one attached hydrogen (secondary N) is 1. The van der Waals surface area contributed by atoms with Crippen molar-refractivity contribution >= 4 is 40.7 Å². The van der Waals surface area contributed by atoms with E-state index in [0.29, 0.717) is 22.2 Å². The number of nitrogens with zero attached hydrogens (tertiary/aromatic N) is 2. The van der Waals surface area contributed by atoms with Crippen molar-refractivity contribution in [2.24, 2.45) is 5.41 Å². The second-order valence-corrected chi connectivity index (χ2v) is 15.0. The zero-order valence-electron chi connectivity index (χ0n) is 27.3. The van der Waals surface area contributed by atoms with Gasteiger partial charge in [0, 0.05) is 41.8 Å². The number of likely N-dealkylation sites (tertiary alicyclic amines) is 1. The molecule has 4 aromatic carbocycles. The van der Waals surface area contributed by atoms with Crippen molar-refractivity contribution in [3.05, 3.63) is 135 Å². The number of rotatable bonds is 7. The molecule has 0 bridgehead atoms. The zero-order chi connectivity index (χ0) is 33.7. The van der Waals surface area contributed by atoms with Crippen molar-refractivity contribution in [2.45, 2.75) is 62.8 Å². The molecule has 2 N–H and O–H groups in total. The molecule has 1 spiro atoms. The molecule has 2 amide bonds. The Bertz CT molecular complexity index is 1780. The van der Waals surface area contributed by atoms with Gasteiger partial charge in [0.15, 0.2) is 0 Å². The zero-order valence-corrected chi connectivity index (χ0v) is 28.8. The molecule has 6 rings (SSSR count). The Balaban J connectivity index is 1.74. The van der Waals surface area contributed by atoms with E-state index in [2.05, 4.69) is 31.0 Å². The smallest absolute Gasteiger partial charge is 0.240 e. The number of carbonyl (C=O) groups is 2. The third-order valence-electron chi connectivity index (χ3n) is 9.67. The molecule has 244 valence electrons. The first-order chi connectivity index (χ1) is 22.3. The van der Waals surface area contributed by atoms with Crippen LogP contribution in [0.4, 0.5) is 5.69 Å². The minimum atomic E-state index is -1.24. The molecule has 2 heterocycles. The highest BCUT2D eigenvalue weighted by molar-refractivity contribution is 6.31. The van der Waals surface area contributed by atoms with Gasteiger partial charge >= 0.3 is 0 Å². The average molecular weight is 671 g/mol. The topological polar surface area (TPSA) is 72.9 Å². The largest absolute Gasteiger partial charge is 0.386 e. The highest BCUT2D eigenvalue weighted by Gasteiger charge is 2.70. The maximum atomic E-state index is 15.0. The molecule has 0 saturated carbocycles. The quantitative estimate of drug-likeness (QED) is 0.209. The Morgan fingerprint density at radius 2 is 1.51 bits per heavy atom. The van der Waals surface area contributed by atoms with Gasteiger partial charge in [0.1, 0.15) is 5.41 Å². The lowest BCUT2D eigenvalue weighted by Crippen LogP contribution is -2.53. The predicted octanol–water partition coefficient (Wildman–Crippen LogP) is 8.02. The Kier molecular flexibility index (Phi) is 9.00. The summed E-state index contributed by atoms with van der Waals surface area (Å²) in [6.45, 7) is 6.44. The van der Waals surface area contributed by atoms with Crippen molar-refractivity contribution in [1.29, 1.82) is 0 Å². The van der Waals surface area contributed by atoms with Crippen LogP contribution in [0.2, 0.25) is 10.0 Å². The standard InChI is InChI=1S/C39H41Cl2N3O3/c1-38(2,3)23-31-39(29-20-19-28(41)22-30(29)42-37(39)47)32(26-17-12-18-27(40)21-26)34(36(46)43(4)5)44(31)33(24-13-8-6-9-14-24)35(45)25-15-10-7-11-16-25/h6-22,31-35,45H,23H2,1-5H3,(H,42,47)/t31?,32-,33+,34+,35+,39-/m0/s1. The van der Waals surface area contributed by atoms with Crippen LogP contribution >= 0.6 is 23.2 Å². The van der Waals surface area contributed by atoms with E-state index in [1.807, 2.05) is 91.0 Å². The van der Waals surface area contributed by atoms with Crippen LogP contribution in [-0.4, -0.2) is 52.9 Å². The number of amides is 2. The van der Waals surface area contributed by atoms with Gasteiger partial charge in [-0.2, -0.15) is 0 Å². The van der Waals surface area contributed by atoms with Crippen molar-refractivity contribution in [2.75, 3.05) is 19.4 Å². The van der Waals surface area contributed by atoms with Crippen LogP contribution < -0.4 is 5.32 Å². The van der Waals surface area contributed by atoms with Gasteiger partial charge in [-0.1, -0.05) is 123 Å². The summed E-state index contributed by atoms with van der Waals surface area (Å²) in [6, 6.07) is 30.3. The van der Waals surface area contributed by atoms with E-state index in [1.54, 1.807) is 31.1 Å². The summed E-state index contributed by atoms with van der Waals surface area (Å²) in [5.41, 5.74) is 2.23. The molecular formula is C39H41Cl2N3O3. The van der Waals surface area contributed by atoms with Crippen molar-refractivity contribution < 1.29 is 14.7 Å². The van der Waals surface area contributed by atoms with E-state index in [4.69, 9.17) is 23.2 Å². The Hall–Kier alpha value is -3.68. The molecule has 2 aliphatic heterocycles. The summed E-state index contributed by atoms with van der Waals surface area (Å²) in [4.78, 5) is 33.6. The molecule has 0 aliphatic carbocycles. The fourth-order valence-corrected chi connectivity index (χ4v) is 8.29. The fraction of sp³-hybridized carbons (Fsp3) is 0.333. The monoisotopic (exact) mass is 669 g/mol. The van der Waals surface area contributed by atoms with E-state index < -0.39 is 35.6 Å². The lowest BCUT2D eigenvalue weighted by molar-refractivity contribution is -0.137. The summed E-state index contributed by atoms with van der Waals surface area (Å²) < 4.78 is 0. The molecule has 6 atom stereocenters. The summed E-state index contributed by atoms with van der Waals surface area (Å²) >= 11 is 13.2. The van der Waals surface area contributed by atoms with Crippen molar-refractivity contribution in [3.63, 3.8) is 0 Å². The van der Waals surface area contributed by atoms with E-state index >= 15 is 4.79 Å². The SMILES string of the molecule is CN(C)C(=O)[C@H]1[C@H](c2cccc(Cl)c2)[C@@]2(C(=O)Nc3cc(Cl)ccc32)C(CC(C)(C)C)N1[C@H](c1ccccc1)[C@H](O)c1ccccc1. The Morgan fingerprint density at radius 3 is 2.11 bits per heavy atom. The normalized spacial score (nSPS) is 23.7. The summed E-state index contributed by atoms with van der Waals surface area (Å²) in [6.07, 6.45) is -0.482. The highest BCUT2D eigenvalue weighted by atomic mass is 35.5. The Morgan fingerprint density at radius 1 is 0.894 bits per heavy atom. The molecule has 0 aromatic heterocycles. The van der Waals surface area contributed by atoms with E-state index in [0.717, 1.165) is 22.3 Å². The molecule has 1 fully saturated rings. The average Bonchev–Trinajstić information content (AvgIpc) is 3.47. The molecule has 0 radical (unpaired) electrons. The lowest BCUT2D eigenvalue weighted by Gasteiger charge is -2.44. The third-order valence-corrected chi connectivity index (χ3v) is 10.1. The van der Waals surface area contributed by atoms with Crippen LogP contribution in [0.1, 0.15) is 67.5 Å². The molecule has 1 saturated heterocycles. The number of fused-ring (bicyclic) bond motifs is 2. The predicted molar refractivity (Wildman–Crippen MR) is 189 cm³/mol. The van der Waals surface area contributed by atoms with E-state index in [1.165, 1.54) is 0 Å². The minimum absolute atomic E-state index is 0.165. The number of aliphatic hydroxyl groups excluding tert-OH is 1. The second kappa shape index (κ2) is 12.7. The summed E-state index contributed by atoms with van der Waals surface area (Å²) in [5, 5.41) is 16.7. The van der Waals surface area contributed by atoms with Gasteiger partial charge in [-0.3, -0.25) is 14.5 Å². The van der Waals surface area contributed by atoms with Gasteiger partial charge in [-0.15, -0.1) is 0 Å². The van der Waals surface area contributed by atoms with Gasteiger partial charge in [-0.25, -0.2) is 0 Å². The number of hydrogen-bond acceptors (Lipinski definition) is 4. The number of benzene rings is 4. The minimum Gasteiger partial charge on any atom is -0.386 e. The number of halogens is 2. The first kappa shape index (κ1) is 33.2. The molecule has 1 unspecified atom stereocenters. The first-order valence-electron chi connectivity index (χ1n) is 16.0. The highest BCUT2D eigenvalue weighted by Crippen LogP contribution is 2.62. The number of anilines is 1. The van der Waals surface area contributed by atoms with Crippen molar-refractivity contribution in [3.8, 4) is 0 Å². The molecule has 47 heavy (non-hydrogen) atoms. The first-order valence-corrected chi connectivity index (χ1v) is 16.7. The molecular weight excluding hydrogens is 629 g/mol. The van der Waals surface area contributed by atoms with Crippen LogP contribution in [0.5, 0.6) is 0 Å². The summed E-state index contributed by atoms with van der Waals surface area (Å²) in [5.74, 6) is -1.03. The van der Waals surface area contributed by atoms with Gasteiger partial charge in [-0.05, 0) is 58.4 Å². The second-order valence-electron chi connectivity index (χ2n) is 14.2. The molecule has 4 aromatic rings. The van der Waals surface area contributed by atoms with Crippen LogP contribution in [0.15, 0.2) is 103 Å². The van der Waals surface area contributed by atoms with Gasteiger partial charge < -0.3 is 15.3 Å².